The number of hydrogen-bond acceptors (Lipinski definition) is 5. The normalized spacial score (nSPS) is 11.5. The molecule has 18 heavy (non-hydrogen) atoms. The van der Waals surface area contributed by atoms with Crippen LogP contribution < -0.4 is 0 Å². The highest BCUT2D eigenvalue weighted by atomic mass is 35.5. The van der Waals surface area contributed by atoms with Crippen LogP contribution in [0.1, 0.15) is 5.69 Å². The number of esters is 1. The van der Waals surface area contributed by atoms with E-state index in [0.29, 0.717) is 10.7 Å². The summed E-state index contributed by atoms with van der Waals surface area (Å²) in [5.41, 5.74) is 0.643. The quantitative estimate of drug-likeness (QED) is 0.574. The summed E-state index contributed by atoms with van der Waals surface area (Å²) in [4.78, 5) is 11.2. The van der Waals surface area contributed by atoms with E-state index in [2.05, 4.69) is 8.92 Å². The zero-order valence-electron chi connectivity index (χ0n) is 10.1. The van der Waals surface area contributed by atoms with Gasteiger partial charge >= 0.3 is 5.97 Å². The fraction of sp³-hybridized carbons (Fsp3) is 0.500. The Labute approximate surface area is 111 Å². The molecule has 0 unspecified atom stereocenters. The van der Waals surface area contributed by atoms with Crippen LogP contribution in [0.4, 0.5) is 0 Å². The lowest BCUT2D eigenvalue weighted by Gasteiger charge is -2.07. The van der Waals surface area contributed by atoms with Crippen LogP contribution in [-0.4, -0.2) is 38.9 Å². The van der Waals surface area contributed by atoms with Crippen LogP contribution in [0.5, 0.6) is 0 Å². The third kappa shape index (κ3) is 5.07. The molecule has 0 bridgehead atoms. The summed E-state index contributed by atoms with van der Waals surface area (Å²) in [6, 6.07) is 1.62. The molecule has 102 valence electrons. The van der Waals surface area contributed by atoms with Crippen LogP contribution in [0, 0.1) is 0 Å². The number of aromatic nitrogens is 1. The third-order valence-electron chi connectivity index (χ3n) is 2.14. The average molecular weight is 296 g/mol. The lowest BCUT2D eigenvalue weighted by Crippen LogP contribution is -2.14. The van der Waals surface area contributed by atoms with Crippen molar-refractivity contribution in [1.29, 1.82) is 0 Å². The van der Waals surface area contributed by atoms with E-state index < -0.39 is 16.1 Å². The van der Waals surface area contributed by atoms with E-state index in [9.17, 15) is 13.2 Å². The maximum Gasteiger partial charge on any atom is 0.311 e. The predicted octanol–water partition coefficient (Wildman–Crippen LogP) is 0.833. The van der Waals surface area contributed by atoms with Crippen molar-refractivity contribution in [3.05, 3.63) is 23.0 Å². The Hall–Kier alpha value is -1.05. The molecule has 1 rings (SSSR count). The molecular formula is C10H14ClNO5S. The average Bonchev–Trinajstić information content (AvgIpc) is 2.57. The first-order valence-corrected chi connectivity index (χ1v) is 7.27. The molecule has 0 saturated heterocycles. The monoisotopic (exact) mass is 295 g/mol. The van der Waals surface area contributed by atoms with E-state index in [1.165, 1.54) is 7.11 Å². The van der Waals surface area contributed by atoms with E-state index in [1.807, 2.05) is 0 Å². The molecule has 1 aromatic heterocycles. The number of nitrogens with zero attached hydrogens (tertiary/aromatic N) is 1. The van der Waals surface area contributed by atoms with E-state index >= 15 is 0 Å². The number of rotatable bonds is 6. The molecule has 0 aliphatic heterocycles. The molecule has 0 aliphatic carbocycles. The SMILES string of the molecule is COC(=O)Cc1cc(Cl)cn1CCOS(C)(=O)=O. The van der Waals surface area contributed by atoms with Crippen LogP contribution in [0.15, 0.2) is 12.3 Å². The van der Waals surface area contributed by atoms with Gasteiger partial charge in [-0.3, -0.25) is 8.98 Å². The number of methoxy groups -OCH3 is 1. The van der Waals surface area contributed by atoms with Crippen molar-refractivity contribution in [3.8, 4) is 0 Å². The topological polar surface area (TPSA) is 74.6 Å². The molecule has 0 aromatic carbocycles. The molecular weight excluding hydrogens is 282 g/mol. The molecule has 0 saturated carbocycles. The first kappa shape index (κ1) is 15.0. The largest absolute Gasteiger partial charge is 0.469 e. The summed E-state index contributed by atoms with van der Waals surface area (Å²) in [6.45, 7) is 0.268. The zero-order chi connectivity index (χ0) is 13.8. The van der Waals surface area contributed by atoms with Gasteiger partial charge in [0.15, 0.2) is 0 Å². The maximum atomic E-state index is 11.2. The summed E-state index contributed by atoms with van der Waals surface area (Å²) in [5, 5.41) is 0.466. The fourth-order valence-electron chi connectivity index (χ4n) is 1.38. The van der Waals surface area contributed by atoms with Gasteiger partial charge in [0.2, 0.25) is 0 Å². The molecule has 0 N–H and O–H groups in total. The number of halogens is 1. The van der Waals surface area contributed by atoms with Crippen molar-refractivity contribution in [1.82, 2.24) is 4.57 Å². The van der Waals surface area contributed by atoms with E-state index in [-0.39, 0.29) is 19.6 Å². The third-order valence-corrected chi connectivity index (χ3v) is 2.94. The molecule has 0 amide bonds. The zero-order valence-corrected chi connectivity index (χ0v) is 11.6. The molecule has 1 heterocycles. The highest BCUT2D eigenvalue weighted by molar-refractivity contribution is 7.85. The van der Waals surface area contributed by atoms with Crippen LogP contribution in [0.2, 0.25) is 5.02 Å². The minimum atomic E-state index is -3.47. The van der Waals surface area contributed by atoms with Gasteiger partial charge in [0, 0.05) is 18.4 Å². The van der Waals surface area contributed by atoms with E-state index in [4.69, 9.17) is 11.6 Å². The summed E-state index contributed by atoms with van der Waals surface area (Å²) in [7, 11) is -2.17. The van der Waals surface area contributed by atoms with Crippen molar-refractivity contribution in [2.45, 2.75) is 13.0 Å². The van der Waals surface area contributed by atoms with Crippen LogP contribution in [0.25, 0.3) is 0 Å². The molecule has 0 spiro atoms. The Morgan fingerprint density at radius 1 is 1.50 bits per heavy atom. The molecule has 8 heteroatoms. The smallest absolute Gasteiger partial charge is 0.311 e. The van der Waals surface area contributed by atoms with Crippen molar-refractivity contribution in [2.75, 3.05) is 20.0 Å². The van der Waals surface area contributed by atoms with E-state index in [1.54, 1.807) is 16.8 Å². The van der Waals surface area contributed by atoms with Crippen molar-refractivity contribution < 1.29 is 22.1 Å². The lowest BCUT2D eigenvalue weighted by atomic mass is 10.3. The van der Waals surface area contributed by atoms with Crippen molar-refractivity contribution in [2.24, 2.45) is 0 Å². The van der Waals surface area contributed by atoms with Gasteiger partial charge in [-0.05, 0) is 6.07 Å². The lowest BCUT2D eigenvalue weighted by molar-refractivity contribution is -0.139. The second kappa shape index (κ2) is 6.21. The molecule has 1 aromatic rings. The van der Waals surface area contributed by atoms with E-state index in [0.717, 1.165) is 6.26 Å². The number of hydrogen-bond donors (Lipinski definition) is 0. The standard InChI is InChI=1S/C10H14ClNO5S/c1-16-10(13)6-9-5-8(11)7-12(9)3-4-17-18(2,14)15/h5,7H,3-4,6H2,1-2H3. The summed E-state index contributed by atoms with van der Waals surface area (Å²) in [6.07, 6.45) is 2.65. The molecule has 6 nitrogen and oxygen atoms in total. The second-order valence-corrected chi connectivity index (χ2v) is 5.70. The fourth-order valence-corrected chi connectivity index (χ4v) is 2.00. The Bertz CT molecular complexity index is 522. The summed E-state index contributed by atoms with van der Waals surface area (Å²) in [5.74, 6) is -0.393. The van der Waals surface area contributed by atoms with Gasteiger partial charge in [-0.15, -0.1) is 0 Å². The van der Waals surface area contributed by atoms with Crippen molar-refractivity contribution in [3.63, 3.8) is 0 Å². The Morgan fingerprint density at radius 2 is 2.17 bits per heavy atom. The van der Waals surface area contributed by atoms with Gasteiger partial charge in [0.05, 0.1) is 31.4 Å². The number of carbonyl (C=O) groups is 1. The van der Waals surface area contributed by atoms with Gasteiger partial charge in [-0.25, -0.2) is 0 Å². The van der Waals surface area contributed by atoms with Crippen molar-refractivity contribution >= 4 is 27.7 Å². The van der Waals surface area contributed by atoms with Gasteiger partial charge in [0.1, 0.15) is 0 Å². The Balaban J connectivity index is 2.67. The molecule has 0 aliphatic rings. The molecule has 0 fully saturated rings. The van der Waals surface area contributed by atoms with Crippen LogP contribution in [0.3, 0.4) is 0 Å². The Morgan fingerprint density at radius 3 is 2.72 bits per heavy atom. The van der Waals surface area contributed by atoms with Gasteiger partial charge in [-0.1, -0.05) is 11.6 Å². The predicted molar refractivity (Wildman–Crippen MR) is 66.0 cm³/mol. The minimum absolute atomic E-state index is 0.0159. The number of carbonyl (C=O) groups excluding carboxylic acids is 1. The van der Waals surface area contributed by atoms with Gasteiger partial charge in [0.25, 0.3) is 10.1 Å². The highest BCUT2D eigenvalue weighted by Gasteiger charge is 2.10. The first-order valence-electron chi connectivity index (χ1n) is 5.07. The van der Waals surface area contributed by atoms with Gasteiger partial charge < -0.3 is 9.30 Å². The van der Waals surface area contributed by atoms with Gasteiger partial charge in [-0.2, -0.15) is 8.42 Å². The minimum Gasteiger partial charge on any atom is -0.469 e. The first-order chi connectivity index (χ1) is 8.31. The molecule has 0 radical (unpaired) electrons. The number of ether oxygens (including phenoxy) is 1. The van der Waals surface area contributed by atoms with Crippen LogP contribution >= 0.6 is 11.6 Å². The maximum absolute atomic E-state index is 11.2. The second-order valence-electron chi connectivity index (χ2n) is 3.62. The Kier molecular flexibility index (Phi) is 5.18. The summed E-state index contributed by atoms with van der Waals surface area (Å²) < 4.78 is 32.4. The van der Waals surface area contributed by atoms with Crippen LogP contribution in [-0.2, 0) is 36.8 Å². The summed E-state index contributed by atoms with van der Waals surface area (Å²) >= 11 is 5.83. The molecule has 0 atom stereocenters. The highest BCUT2D eigenvalue weighted by Crippen LogP contribution is 2.15.